The number of nitrogen functional groups attached to an aromatic ring is 1. The molecule has 5 aliphatic rings. The van der Waals surface area contributed by atoms with Crippen LogP contribution in [0.4, 0.5) is 29.0 Å². The molecule has 15 rings (SSSR count). The lowest BCUT2D eigenvalue weighted by Gasteiger charge is -2.20. The number of likely N-dealkylation sites (tertiary alicyclic amines) is 5. The highest BCUT2D eigenvalue weighted by molar-refractivity contribution is 5.96. The summed E-state index contributed by atoms with van der Waals surface area (Å²) < 4.78 is 0. The summed E-state index contributed by atoms with van der Waals surface area (Å²) in [5, 5.41) is 73.1. The quantitative estimate of drug-likeness (QED) is 0.0773. The second-order valence-corrected chi connectivity index (χ2v) is 25.6. The molecule has 10 aromatic rings. The minimum Gasteiger partial charge on any atom is -0.398 e. The molecule has 9 heterocycles. The van der Waals surface area contributed by atoms with Gasteiger partial charge in [0.15, 0.2) is 31.0 Å². The summed E-state index contributed by atoms with van der Waals surface area (Å²) in [6.07, 6.45) is 27.4. The zero-order chi connectivity index (χ0) is 68.1. The van der Waals surface area contributed by atoms with Crippen LogP contribution < -0.4 is 26.2 Å². The minimum absolute atomic E-state index is 0.0363. The van der Waals surface area contributed by atoms with Crippen LogP contribution in [-0.2, 0) is 0 Å². The Bertz CT molecular complexity index is 4420. The maximum Gasteiger partial charge on any atom is 0.179 e. The summed E-state index contributed by atoms with van der Waals surface area (Å²) in [5.74, 6) is 3.76. The number of aliphatic hydroxyl groups is 1. The molecule has 0 aliphatic carbocycles. The second-order valence-electron chi connectivity index (χ2n) is 25.6. The first-order valence-electron chi connectivity index (χ1n) is 33.3. The molecule has 20 heteroatoms. The van der Waals surface area contributed by atoms with Gasteiger partial charge in [0.05, 0.1) is 42.9 Å². The van der Waals surface area contributed by atoms with Crippen LogP contribution in [-0.4, -0.2) is 131 Å². The molecule has 0 saturated carbocycles. The van der Waals surface area contributed by atoms with Crippen molar-refractivity contribution in [2.75, 3.05) is 101 Å². The van der Waals surface area contributed by atoms with E-state index in [1.807, 2.05) is 151 Å². The molecule has 0 bridgehead atoms. The Morgan fingerprint density at radius 2 is 0.732 bits per heavy atom. The predicted molar refractivity (Wildman–Crippen MR) is 386 cm³/mol. The van der Waals surface area contributed by atoms with E-state index in [0.29, 0.717) is 13.0 Å². The third-order valence-electron chi connectivity index (χ3n) is 19.2. The van der Waals surface area contributed by atoms with Gasteiger partial charge in [0.1, 0.15) is 23.3 Å². The highest BCUT2D eigenvalue weighted by Gasteiger charge is 2.32. The third kappa shape index (κ3) is 14.8. The van der Waals surface area contributed by atoms with Crippen molar-refractivity contribution >= 4 is 82.8 Å². The van der Waals surface area contributed by atoms with Gasteiger partial charge in [-0.05, 0) is 167 Å². The lowest BCUT2D eigenvalue weighted by Crippen LogP contribution is -2.18. The molecule has 5 N–H and O–H groups in total. The summed E-state index contributed by atoms with van der Waals surface area (Å²) in [4.78, 5) is 30.7. The highest BCUT2D eigenvalue weighted by Crippen LogP contribution is 2.39. The molecule has 0 spiro atoms. The van der Waals surface area contributed by atoms with Crippen LogP contribution in [0.1, 0.15) is 116 Å². The Morgan fingerprint density at radius 3 is 1.08 bits per heavy atom. The number of hydrogen-bond donors (Lipinski definition) is 4. The van der Waals surface area contributed by atoms with E-state index in [9.17, 15) is 15.6 Å². The molecule has 5 aliphatic heterocycles. The largest absolute Gasteiger partial charge is 0.398 e. The van der Waals surface area contributed by atoms with Gasteiger partial charge in [-0.25, -0.2) is 19.9 Å². The first kappa shape index (κ1) is 67.1. The van der Waals surface area contributed by atoms with Crippen LogP contribution in [0.3, 0.4) is 0 Å². The van der Waals surface area contributed by atoms with Crippen LogP contribution in [0.5, 0.6) is 0 Å². The standard InChI is InChI=1S/2C16H18N4.2C15H16N4.C15H15N3O/c2*1-19(2)16-14-6-5-13(10-12(14)7-8-18-16)15-4-3-9-20(15)11-17;2*1-17-15-13-5-4-12(9-11(13)6-7-18-15)14-3-2-8-19(14)10-16;16-9-18-8-12(19)7-15(18)11-4-5-13-10(6-11)2-1-3-14(13)17/h2*5-8,10,15H,3-4,9H2,1-2H3;2*4-7,9,14H,2-3,8H2,1H3,(H,17,18);1-6,12,15,19H,7-8,17H2/t2*15-;2*14-;12-,15+/m10100/s1. The topological polar surface area (TPSA) is 264 Å². The normalized spacial score (nSPS) is 19.2. The second kappa shape index (κ2) is 30.8. The minimum atomic E-state index is -0.429. The van der Waals surface area contributed by atoms with Crippen LogP contribution in [0.25, 0.3) is 53.9 Å². The first-order valence-corrected chi connectivity index (χ1v) is 33.3. The van der Waals surface area contributed by atoms with E-state index in [2.05, 4.69) is 140 Å². The molecule has 6 aromatic carbocycles. The van der Waals surface area contributed by atoms with Gasteiger partial charge in [-0.2, -0.15) is 26.3 Å². The average molecular weight is 1290 g/mol. The number of anilines is 5. The molecule has 0 amide bonds. The molecular weight excluding hydrogens is 1210 g/mol. The molecule has 5 saturated heterocycles. The number of nitrogens with one attached hydrogen (secondary N) is 2. The number of nitrogens with zero attached hydrogens (tertiary/aromatic N) is 16. The Hall–Kier alpha value is -11.4. The van der Waals surface area contributed by atoms with E-state index >= 15 is 0 Å². The maximum atomic E-state index is 9.71. The van der Waals surface area contributed by atoms with Crippen molar-refractivity contribution in [3.63, 3.8) is 0 Å². The zero-order valence-corrected chi connectivity index (χ0v) is 56.1. The number of nitriles is 5. The average Bonchev–Trinajstić information content (AvgIpc) is 1.85. The summed E-state index contributed by atoms with van der Waals surface area (Å²) in [6.45, 7) is 3.90. The van der Waals surface area contributed by atoms with E-state index in [-0.39, 0.29) is 30.2 Å². The van der Waals surface area contributed by atoms with Gasteiger partial charge in [-0.1, -0.05) is 72.8 Å². The molecule has 20 nitrogen and oxygen atoms in total. The monoisotopic (exact) mass is 1290 g/mol. The van der Waals surface area contributed by atoms with Crippen molar-refractivity contribution in [3.8, 4) is 31.0 Å². The smallest absolute Gasteiger partial charge is 0.179 e. The van der Waals surface area contributed by atoms with Gasteiger partial charge >= 0.3 is 0 Å². The van der Waals surface area contributed by atoms with Gasteiger partial charge < -0.3 is 55.8 Å². The lowest BCUT2D eigenvalue weighted by molar-refractivity contribution is 0.186. The number of pyridine rings is 4. The van der Waals surface area contributed by atoms with Crippen LogP contribution in [0.2, 0.25) is 0 Å². The van der Waals surface area contributed by atoms with Gasteiger partial charge in [0.2, 0.25) is 0 Å². The third-order valence-corrected chi connectivity index (χ3v) is 19.2. The summed E-state index contributed by atoms with van der Waals surface area (Å²) in [6, 6.07) is 46.6. The summed E-state index contributed by atoms with van der Waals surface area (Å²) in [7, 11) is 11.8. The fraction of sp³-hybridized carbons (Fsp3) is 0.338. The van der Waals surface area contributed by atoms with E-state index in [1.54, 1.807) is 4.90 Å². The van der Waals surface area contributed by atoms with Gasteiger partial charge in [0, 0.05) is 132 Å². The van der Waals surface area contributed by atoms with Gasteiger partial charge in [-0.3, -0.25) is 0 Å². The van der Waals surface area contributed by atoms with Gasteiger partial charge in [-0.15, -0.1) is 0 Å². The van der Waals surface area contributed by atoms with Crippen molar-refractivity contribution < 1.29 is 5.11 Å². The Morgan fingerprint density at radius 1 is 0.412 bits per heavy atom. The molecule has 0 radical (unpaired) electrons. The molecule has 4 aromatic heterocycles. The lowest BCUT2D eigenvalue weighted by atomic mass is 9.99. The Balaban J connectivity index is 0.000000123. The fourth-order valence-electron chi connectivity index (χ4n) is 14.4. The number of aliphatic hydroxyl groups excluding tert-OH is 1. The van der Waals surface area contributed by atoms with Gasteiger partial charge in [0.25, 0.3) is 0 Å². The van der Waals surface area contributed by atoms with Crippen molar-refractivity contribution in [1.29, 1.82) is 26.3 Å². The molecular formula is C77H83N19O. The Kier molecular flexibility index (Phi) is 21.3. The number of benzene rings is 6. The molecule has 6 atom stereocenters. The van der Waals surface area contributed by atoms with Crippen molar-refractivity contribution in [2.45, 2.75) is 94.1 Å². The van der Waals surface area contributed by atoms with Crippen molar-refractivity contribution in [3.05, 3.63) is 186 Å². The van der Waals surface area contributed by atoms with Crippen molar-refractivity contribution in [2.24, 2.45) is 0 Å². The number of fused-ring (bicyclic) bond motifs is 5. The molecule has 97 heavy (non-hydrogen) atoms. The fourth-order valence-corrected chi connectivity index (χ4v) is 14.4. The molecule has 0 unspecified atom stereocenters. The summed E-state index contributed by atoms with van der Waals surface area (Å²) in [5.41, 5.74) is 12.6. The number of hydrogen-bond acceptors (Lipinski definition) is 20. The van der Waals surface area contributed by atoms with E-state index < -0.39 is 6.10 Å². The predicted octanol–water partition coefficient (Wildman–Crippen LogP) is 13.6. The number of rotatable bonds is 9. The van der Waals surface area contributed by atoms with E-state index in [1.165, 1.54) is 43.8 Å². The number of nitrogens with two attached hydrogens (primary N) is 1. The Labute approximate surface area is 568 Å². The van der Waals surface area contributed by atoms with E-state index in [4.69, 9.17) is 21.5 Å². The van der Waals surface area contributed by atoms with Crippen LogP contribution >= 0.6 is 0 Å². The van der Waals surface area contributed by atoms with E-state index in [0.717, 1.165) is 144 Å². The van der Waals surface area contributed by atoms with Crippen LogP contribution in [0, 0.1) is 57.3 Å². The number of β-amino-alcohol motifs (C(OH)–C–C–N with tert-alkyl or cyclic N) is 1. The number of aromatic nitrogens is 4. The first-order chi connectivity index (χ1) is 47.3. The summed E-state index contributed by atoms with van der Waals surface area (Å²) >= 11 is 0. The maximum absolute atomic E-state index is 9.71. The van der Waals surface area contributed by atoms with Crippen LogP contribution in [0.15, 0.2) is 158 Å². The molecule has 5 fully saturated rings. The SMILES string of the molecule is CN(C)c1nccc2cc([C@@H]3CCCN3C#N)ccc12.CN(C)c1nccc2cc([C@H]3CCCN3C#N)ccc12.CNc1nccc2cc([C@@H]3CCCN3C#N)ccc12.CNc1nccc2cc([C@H]3CCCN3C#N)ccc12.N#CN1C[C@@H](O)C[C@@H]1c1ccc2c(N)cccc2c1. The zero-order valence-electron chi connectivity index (χ0n) is 56.1. The van der Waals surface area contributed by atoms with Crippen molar-refractivity contribution in [1.82, 2.24) is 44.4 Å². The highest BCUT2D eigenvalue weighted by atomic mass is 16.3. The molecule has 492 valence electrons.